The zero-order valence-electron chi connectivity index (χ0n) is 13.2. The monoisotopic (exact) mass is 366 g/mol. The SMILES string of the molecule is COC(=O)c1ccn(-c2nc(-c3ccc(F)cc3)cc(C(F)(F)F)n2)n1. The van der Waals surface area contributed by atoms with Crippen LogP contribution in [0.3, 0.4) is 0 Å². The first-order valence-corrected chi connectivity index (χ1v) is 7.14. The highest BCUT2D eigenvalue weighted by Gasteiger charge is 2.34. The van der Waals surface area contributed by atoms with E-state index in [-0.39, 0.29) is 17.0 Å². The Balaban J connectivity index is 2.12. The maximum absolute atomic E-state index is 13.2. The molecule has 0 saturated heterocycles. The van der Waals surface area contributed by atoms with Crippen molar-refractivity contribution < 1.29 is 27.1 Å². The Kier molecular flexibility index (Phi) is 4.41. The average Bonchev–Trinajstić information content (AvgIpc) is 3.11. The number of benzene rings is 1. The summed E-state index contributed by atoms with van der Waals surface area (Å²) in [5, 5.41) is 3.81. The summed E-state index contributed by atoms with van der Waals surface area (Å²) in [4.78, 5) is 18.9. The highest BCUT2D eigenvalue weighted by atomic mass is 19.4. The molecule has 0 saturated carbocycles. The summed E-state index contributed by atoms with van der Waals surface area (Å²) in [6.07, 6.45) is -3.50. The summed E-state index contributed by atoms with van der Waals surface area (Å²) < 4.78 is 58.0. The molecule has 0 unspecified atom stereocenters. The second-order valence-corrected chi connectivity index (χ2v) is 5.08. The lowest BCUT2D eigenvalue weighted by molar-refractivity contribution is -0.141. The van der Waals surface area contributed by atoms with Crippen LogP contribution in [0.15, 0.2) is 42.6 Å². The van der Waals surface area contributed by atoms with Gasteiger partial charge in [-0.25, -0.2) is 23.8 Å². The van der Waals surface area contributed by atoms with Crippen LogP contribution in [0.5, 0.6) is 0 Å². The summed E-state index contributed by atoms with van der Waals surface area (Å²) in [6, 6.07) is 6.81. The van der Waals surface area contributed by atoms with Gasteiger partial charge in [-0.15, -0.1) is 0 Å². The predicted molar refractivity (Wildman–Crippen MR) is 80.9 cm³/mol. The molecule has 0 aliphatic heterocycles. The second kappa shape index (κ2) is 6.54. The molecule has 0 fully saturated rings. The third-order valence-electron chi connectivity index (χ3n) is 3.33. The first-order valence-electron chi connectivity index (χ1n) is 7.14. The molecule has 0 aliphatic carbocycles. The third-order valence-corrected chi connectivity index (χ3v) is 3.33. The van der Waals surface area contributed by atoms with Crippen molar-refractivity contribution in [2.45, 2.75) is 6.18 Å². The van der Waals surface area contributed by atoms with Gasteiger partial charge in [0.15, 0.2) is 11.4 Å². The Hall–Kier alpha value is -3.30. The normalized spacial score (nSPS) is 11.4. The van der Waals surface area contributed by atoms with Crippen LogP contribution >= 0.6 is 0 Å². The number of carbonyl (C=O) groups excluding carboxylic acids is 1. The summed E-state index contributed by atoms with van der Waals surface area (Å²) in [5.41, 5.74) is -1.12. The number of hydrogen-bond donors (Lipinski definition) is 0. The predicted octanol–water partition coefficient (Wildman–Crippen LogP) is 3.27. The van der Waals surface area contributed by atoms with Crippen LogP contribution < -0.4 is 0 Å². The van der Waals surface area contributed by atoms with E-state index in [1.807, 2.05) is 0 Å². The number of rotatable bonds is 3. The molecule has 134 valence electrons. The summed E-state index contributed by atoms with van der Waals surface area (Å²) in [5.74, 6) is -1.68. The lowest BCUT2D eigenvalue weighted by Crippen LogP contribution is -2.13. The quantitative estimate of drug-likeness (QED) is 0.526. The van der Waals surface area contributed by atoms with Gasteiger partial charge in [0.25, 0.3) is 5.95 Å². The molecule has 10 heteroatoms. The molecule has 0 N–H and O–H groups in total. The van der Waals surface area contributed by atoms with Crippen molar-refractivity contribution in [3.05, 3.63) is 59.8 Å². The van der Waals surface area contributed by atoms with Gasteiger partial charge in [-0.05, 0) is 36.4 Å². The van der Waals surface area contributed by atoms with Gasteiger partial charge in [0.05, 0.1) is 12.8 Å². The molecule has 0 radical (unpaired) electrons. The van der Waals surface area contributed by atoms with Crippen LogP contribution in [0.25, 0.3) is 17.2 Å². The van der Waals surface area contributed by atoms with Crippen LogP contribution in [0.1, 0.15) is 16.2 Å². The minimum Gasteiger partial charge on any atom is -0.464 e. The smallest absolute Gasteiger partial charge is 0.433 e. The zero-order valence-corrected chi connectivity index (χ0v) is 13.2. The van der Waals surface area contributed by atoms with Gasteiger partial charge in [0.1, 0.15) is 5.82 Å². The van der Waals surface area contributed by atoms with Gasteiger partial charge in [0.2, 0.25) is 0 Å². The molecule has 2 aromatic heterocycles. The van der Waals surface area contributed by atoms with E-state index in [2.05, 4.69) is 19.8 Å². The van der Waals surface area contributed by atoms with Gasteiger partial charge in [0, 0.05) is 11.8 Å². The number of halogens is 4. The number of methoxy groups -OCH3 is 1. The molecule has 3 aromatic rings. The Morgan fingerprint density at radius 1 is 1.12 bits per heavy atom. The van der Waals surface area contributed by atoms with Gasteiger partial charge >= 0.3 is 12.1 Å². The van der Waals surface area contributed by atoms with Crippen molar-refractivity contribution >= 4 is 5.97 Å². The number of esters is 1. The molecule has 2 heterocycles. The fraction of sp³-hybridized carbons (Fsp3) is 0.125. The topological polar surface area (TPSA) is 69.9 Å². The number of hydrogen-bond acceptors (Lipinski definition) is 5. The summed E-state index contributed by atoms with van der Waals surface area (Å²) >= 11 is 0. The Labute approximate surface area is 144 Å². The van der Waals surface area contributed by atoms with Crippen LogP contribution in [-0.4, -0.2) is 32.8 Å². The molecule has 6 nitrogen and oxygen atoms in total. The summed E-state index contributed by atoms with van der Waals surface area (Å²) in [7, 11) is 1.15. The molecule has 0 spiro atoms. The van der Waals surface area contributed by atoms with Gasteiger partial charge in [-0.2, -0.15) is 18.3 Å². The Morgan fingerprint density at radius 3 is 2.42 bits per heavy atom. The maximum atomic E-state index is 13.2. The fourth-order valence-electron chi connectivity index (χ4n) is 2.10. The zero-order chi connectivity index (χ0) is 18.9. The fourth-order valence-corrected chi connectivity index (χ4v) is 2.10. The summed E-state index contributed by atoms with van der Waals surface area (Å²) in [6.45, 7) is 0. The van der Waals surface area contributed by atoms with Crippen LogP contribution in [0, 0.1) is 5.82 Å². The molecular weight excluding hydrogens is 356 g/mol. The van der Waals surface area contributed by atoms with Crippen molar-refractivity contribution in [2.75, 3.05) is 7.11 Å². The number of nitrogens with zero attached hydrogens (tertiary/aromatic N) is 4. The van der Waals surface area contributed by atoms with Gasteiger partial charge < -0.3 is 4.74 Å². The Morgan fingerprint density at radius 2 is 1.81 bits per heavy atom. The van der Waals surface area contributed by atoms with E-state index in [0.717, 1.165) is 30.0 Å². The molecule has 0 amide bonds. The number of ether oxygens (including phenoxy) is 1. The molecule has 3 rings (SSSR count). The second-order valence-electron chi connectivity index (χ2n) is 5.08. The molecule has 26 heavy (non-hydrogen) atoms. The van der Waals surface area contributed by atoms with Crippen molar-refractivity contribution in [1.29, 1.82) is 0 Å². The first kappa shape index (κ1) is 17.5. The lowest BCUT2D eigenvalue weighted by atomic mass is 10.1. The minimum atomic E-state index is -4.73. The number of alkyl halides is 3. The molecule has 0 bridgehead atoms. The van der Waals surface area contributed by atoms with Crippen LogP contribution in [0.2, 0.25) is 0 Å². The van der Waals surface area contributed by atoms with E-state index in [1.165, 1.54) is 24.4 Å². The van der Waals surface area contributed by atoms with Crippen LogP contribution in [-0.2, 0) is 10.9 Å². The maximum Gasteiger partial charge on any atom is 0.433 e. The van der Waals surface area contributed by atoms with Gasteiger partial charge in [-0.3, -0.25) is 0 Å². The largest absolute Gasteiger partial charge is 0.464 e. The molecule has 0 aliphatic rings. The van der Waals surface area contributed by atoms with E-state index in [9.17, 15) is 22.4 Å². The molecular formula is C16H10F4N4O2. The third kappa shape index (κ3) is 3.53. The van der Waals surface area contributed by atoms with Crippen LogP contribution in [0.4, 0.5) is 17.6 Å². The Bertz CT molecular complexity index is 952. The number of aromatic nitrogens is 4. The molecule has 0 atom stereocenters. The standard InChI is InChI=1S/C16H10F4N4O2/c1-26-14(25)11-6-7-24(23-11)15-21-12(8-13(22-15)16(18,19)20)9-2-4-10(17)5-3-9/h2-8H,1H3. The lowest BCUT2D eigenvalue weighted by Gasteiger charge is -2.10. The highest BCUT2D eigenvalue weighted by Crippen LogP contribution is 2.30. The van der Waals surface area contributed by atoms with Crippen molar-refractivity contribution in [2.24, 2.45) is 0 Å². The van der Waals surface area contributed by atoms with Crippen molar-refractivity contribution in [3.63, 3.8) is 0 Å². The first-order chi connectivity index (χ1) is 12.3. The van der Waals surface area contributed by atoms with E-state index >= 15 is 0 Å². The molecule has 1 aromatic carbocycles. The van der Waals surface area contributed by atoms with E-state index in [1.54, 1.807) is 0 Å². The number of carbonyl (C=O) groups is 1. The van der Waals surface area contributed by atoms with Crippen molar-refractivity contribution in [3.8, 4) is 17.2 Å². The average molecular weight is 366 g/mol. The van der Waals surface area contributed by atoms with Crippen molar-refractivity contribution in [1.82, 2.24) is 19.7 Å². The van der Waals surface area contributed by atoms with Gasteiger partial charge in [-0.1, -0.05) is 0 Å². The van der Waals surface area contributed by atoms with E-state index < -0.39 is 29.6 Å². The van der Waals surface area contributed by atoms with E-state index in [4.69, 9.17) is 0 Å². The highest BCUT2D eigenvalue weighted by molar-refractivity contribution is 5.86. The minimum absolute atomic E-state index is 0.0718. The van der Waals surface area contributed by atoms with E-state index in [0.29, 0.717) is 0 Å².